The number of hydrogen-bond donors (Lipinski definition) is 2. The van der Waals surface area contributed by atoms with E-state index >= 15 is 0 Å². The zero-order chi connectivity index (χ0) is 13.7. The smallest absolute Gasteiger partial charge is 0.338 e. The van der Waals surface area contributed by atoms with Crippen molar-refractivity contribution < 1.29 is 14.3 Å². The Morgan fingerprint density at radius 2 is 2.11 bits per heavy atom. The zero-order valence-corrected chi connectivity index (χ0v) is 10.9. The molecule has 1 unspecified atom stereocenters. The molecule has 0 saturated carbocycles. The first kappa shape index (κ1) is 13.5. The van der Waals surface area contributed by atoms with Crippen LogP contribution in [0.1, 0.15) is 23.7 Å². The van der Waals surface area contributed by atoms with Crippen molar-refractivity contribution in [3.05, 3.63) is 29.8 Å². The standard InChI is InChI=1S/C14H18N2O3/c1-2-19-14(18)10-3-5-12(6-4-10)16-13(17)11-7-8-15-9-11/h3-6,11,15H,2,7-9H2,1H3,(H,16,17). The zero-order valence-electron chi connectivity index (χ0n) is 10.9. The van der Waals surface area contributed by atoms with E-state index in [2.05, 4.69) is 10.6 Å². The Labute approximate surface area is 112 Å². The van der Waals surface area contributed by atoms with Gasteiger partial charge in [0.25, 0.3) is 0 Å². The Hall–Kier alpha value is -1.88. The first-order valence-electron chi connectivity index (χ1n) is 6.49. The molecule has 102 valence electrons. The number of esters is 1. The van der Waals surface area contributed by atoms with Crippen LogP contribution in [0.25, 0.3) is 0 Å². The SMILES string of the molecule is CCOC(=O)c1ccc(NC(=O)C2CCNC2)cc1. The molecule has 2 N–H and O–H groups in total. The van der Waals surface area contributed by atoms with Crippen LogP contribution in [0.4, 0.5) is 5.69 Å². The highest BCUT2D eigenvalue weighted by molar-refractivity contribution is 5.94. The van der Waals surface area contributed by atoms with Crippen LogP contribution in [0.5, 0.6) is 0 Å². The van der Waals surface area contributed by atoms with E-state index in [0.29, 0.717) is 17.9 Å². The van der Waals surface area contributed by atoms with Crippen LogP contribution < -0.4 is 10.6 Å². The van der Waals surface area contributed by atoms with Crippen LogP contribution in [0.2, 0.25) is 0 Å². The third kappa shape index (κ3) is 3.54. The number of carbonyl (C=O) groups excluding carboxylic acids is 2. The van der Waals surface area contributed by atoms with E-state index < -0.39 is 0 Å². The second kappa shape index (κ2) is 6.33. The Morgan fingerprint density at radius 1 is 1.37 bits per heavy atom. The van der Waals surface area contributed by atoms with Crippen molar-refractivity contribution >= 4 is 17.6 Å². The summed E-state index contributed by atoms with van der Waals surface area (Å²) in [6.45, 7) is 3.74. The number of rotatable bonds is 4. The summed E-state index contributed by atoms with van der Waals surface area (Å²) in [6.07, 6.45) is 0.868. The van der Waals surface area contributed by atoms with E-state index in [1.54, 1.807) is 31.2 Å². The lowest BCUT2D eigenvalue weighted by Gasteiger charge is -2.10. The number of hydrogen-bond acceptors (Lipinski definition) is 4. The van der Waals surface area contributed by atoms with Gasteiger partial charge in [-0.1, -0.05) is 0 Å². The quantitative estimate of drug-likeness (QED) is 0.805. The molecule has 19 heavy (non-hydrogen) atoms. The first-order valence-corrected chi connectivity index (χ1v) is 6.49. The van der Waals surface area contributed by atoms with Gasteiger partial charge in [-0.2, -0.15) is 0 Å². The van der Waals surface area contributed by atoms with Crippen LogP contribution in [-0.2, 0) is 9.53 Å². The molecule has 1 heterocycles. The van der Waals surface area contributed by atoms with E-state index in [1.807, 2.05) is 0 Å². The topological polar surface area (TPSA) is 67.4 Å². The number of amides is 1. The van der Waals surface area contributed by atoms with Gasteiger partial charge in [-0.3, -0.25) is 4.79 Å². The van der Waals surface area contributed by atoms with E-state index in [-0.39, 0.29) is 17.8 Å². The summed E-state index contributed by atoms with van der Waals surface area (Å²) in [6, 6.07) is 6.74. The minimum Gasteiger partial charge on any atom is -0.462 e. The lowest BCUT2D eigenvalue weighted by Crippen LogP contribution is -2.24. The molecular formula is C14H18N2O3. The van der Waals surface area contributed by atoms with Crippen LogP contribution in [0.15, 0.2) is 24.3 Å². The Balaban J connectivity index is 1.94. The normalized spacial score (nSPS) is 18.1. The van der Waals surface area contributed by atoms with E-state index in [1.165, 1.54) is 0 Å². The van der Waals surface area contributed by atoms with Gasteiger partial charge in [0, 0.05) is 12.2 Å². The van der Waals surface area contributed by atoms with Crippen molar-refractivity contribution in [3.8, 4) is 0 Å². The van der Waals surface area contributed by atoms with Crippen molar-refractivity contribution in [2.24, 2.45) is 5.92 Å². The summed E-state index contributed by atoms with van der Waals surface area (Å²) in [7, 11) is 0. The lowest BCUT2D eigenvalue weighted by atomic mass is 10.1. The summed E-state index contributed by atoms with van der Waals surface area (Å²) in [5.74, 6) is -0.293. The van der Waals surface area contributed by atoms with Gasteiger partial charge in [-0.05, 0) is 44.2 Å². The monoisotopic (exact) mass is 262 g/mol. The molecule has 5 nitrogen and oxygen atoms in total. The van der Waals surface area contributed by atoms with Crippen LogP contribution >= 0.6 is 0 Å². The van der Waals surface area contributed by atoms with Gasteiger partial charge in [0.15, 0.2) is 0 Å². The molecule has 0 aliphatic carbocycles. The Morgan fingerprint density at radius 3 is 2.68 bits per heavy atom. The van der Waals surface area contributed by atoms with Crippen molar-refractivity contribution in [1.82, 2.24) is 5.32 Å². The summed E-state index contributed by atoms with van der Waals surface area (Å²) in [5, 5.41) is 6.01. The predicted octanol–water partition coefficient (Wildman–Crippen LogP) is 1.41. The predicted molar refractivity (Wildman–Crippen MR) is 72.0 cm³/mol. The van der Waals surface area contributed by atoms with E-state index in [0.717, 1.165) is 19.5 Å². The van der Waals surface area contributed by atoms with Gasteiger partial charge < -0.3 is 15.4 Å². The molecule has 2 rings (SSSR count). The average Bonchev–Trinajstić information content (AvgIpc) is 2.94. The van der Waals surface area contributed by atoms with E-state index in [9.17, 15) is 9.59 Å². The fourth-order valence-corrected chi connectivity index (χ4v) is 2.03. The molecule has 0 radical (unpaired) electrons. The van der Waals surface area contributed by atoms with Crippen molar-refractivity contribution in [3.63, 3.8) is 0 Å². The Bertz CT molecular complexity index is 450. The molecule has 1 atom stereocenters. The average molecular weight is 262 g/mol. The van der Waals surface area contributed by atoms with Crippen LogP contribution in [0, 0.1) is 5.92 Å². The maximum absolute atomic E-state index is 11.9. The van der Waals surface area contributed by atoms with Crippen molar-refractivity contribution in [2.45, 2.75) is 13.3 Å². The number of ether oxygens (including phenoxy) is 1. The van der Waals surface area contributed by atoms with Gasteiger partial charge in [-0.15, -0.1) is 0 Å². The molecule has 1 aliphatic heterocycles. The molecular weight excluding hydrogens is 244 g/mol. The van der Waals surface area contributed by atoms with Gasteiger partial charge in [0.05, 0.1) is 18.1 Å². The molecule has 1 fully saturated rings. The Kier molecular flexibility index (Phi) is 4.52. The van der Waals surface area contributed by atoms with E-state index in [4.69, 9.17) is 4.74 Å². The molecule has 1 aliphatic rings. The third-order valence-electron chi connectivity index (χ3n) is 3.09. The second-order valence-corrected chi connectivity index (χ2v) is 4.48. The minimum atomic E-state index is -0.347. The highest BCUT2D eigenvalue weighted by atomic mass is 16.5. The third-order valence-corrected chi connectivity index (χ3v) is 3.09. The van der Waals surface area contributed by atoms with Gasteiger partial charge >= 0.3 is 5.97 Å². The number of anilines is 1. The largest absolute Gasteiger partial charge is 0.462 e. The number of benzene rings is 1. The number of carbonyl (C=O) groups is 2. The highest BCUT2D eigenvalue weighted by Gasteiger charge is 2.22. The van der Waals surface area contributed by atoms with Crippen molar-refractivity contribution in [2.75, 3.05) is 25.0 Å². The molecule has 1 aromatic rings. The second-order valence-electron chi connectivity index (χ2n) is 4.48. The number of nitrogens with one attached hydrogen (secondary N) is 2. The van der Waals surface area contributed by atoms with Gasteiger partial charge in [-0.25, -0.2) is 4.79 Å². The highest BCUT2D eigenvalue weighted by Crippen LogP contribution is 2.14. The molecule has 5 heteroatoms. The summed E-state index contributed by atoms with van der Waals surface area (Å²) in [5.41, 5.74) is 1.19. The molecule has 0 spiro atoms. The maximum Gasteiger partial charge on any atom is 0.338 e. The fourth-order valence-electron chi connectivity index (χ4n) is 2.03. The van der Waals surface area contributed by atoms with Crippen LogP contribution in [0.3, 0.4) is 0 Å². The summed E-state index contributed by atoms with van der Waals surface area (Å²) >= 11 is 0. The minimum absolute atomic E-state index is 0.0221. The summed E-state index contributed by atoms with van der Waals surface area (Å²) in [4.78, 5) is 23.4. The summed E-state index contributed by atoms with van der Waals surface area (Å²) < 4.78 is 4.90. The lowest BCUT2D eigenvalue weighted by molar-refractivity contribution is -0.119. The molecule has 1 aromatic carbocycles. The fraction of sp³-hybridized carbons (Fsp3) is 0.429. The molecule has 1 saturated heterocycles. The molecule has 0 bridgehead atoms. The van der Waals surface area contributed by atoms with Gasteiger partial charge in [0.2, 0.25) is 5.91 Å². The van der Waals surface area contributed by atoms with Crippen LogP contribution in [-0.4, -0.2) is 31.6 Å². The van der Waals surface area contributed by atoms with Crippen molar-refractivity contribution in [1.29, 1.82) is 0 Å². The molecule has 0 aromatic heterocycles. The first-order chi connectivity index (χ1) is 9.20. The maximum atomic E-state index is 11.9. The van der Waals surface area contributed by atoms with Gasteiger partial charge in [0.1, 0.15) is 0 Å². The molecule has 1 amide bonds.